The molecular formula is C4H10O2S2. The van der Waals surface area contributed by atoms with Gasteiger partial charge in [-0.2, -0.15) is 0 Å². The molecule has 0 saturated carbocycles. The van der Waals surface area contributed by atoms with Gasteiger partial charge < -0.3 is 0 Å². The van der Waals surface area contributed by atoms with E-state index in [1.54, 1.807) is 20.8 Å². The van der Waals surface area contributed by atoms with E-state index < -0.39 is 13.6 Å². The minimum Gasteiger partial charge on any atom is -0.217 e. The first-order valence-electron chi connectivity index (χ1n) is 2.22. The summed E-state index contributed by atoms with van der Waals surface area (Å²) in [5, 5.41) is 0. The summed E-state index contributed by atoms with van der Waals surface area (Å²) in [5.41, 5.74) is 0. The lowest BCUT2D eigenvalue weighted by Gasteiger charge is -2.12. The van der Waals surface area contributed by atoms with Crippen LogP contribution in [-0.2, 0) is 8.87 Å². The van der Waals surface area contributed by atoms with Crippen molar-refractivity contribution in [1.82, 2.24) is 0 Å². The summed E-state index contributed by atoms with van der Waals surface area (Å²) < 4.78 is 20.3. The first-order valence-corrected chi connectivity index (χ1v) is 4.76. The number of hydrogen-bond donors (Lipinski definition) is 1. The summed E-state index contributed by atoms with van der Waals surface area (Å²) in [6, 6.07) is 0. The molecule has 0 fully saturated rings. The second-order valence-corrected chi connectivity index (χ2v) is 6.20. The average Bonchev–Trinajstić information content (AvgIpc) is 1.25. The Balaban J connectivity index is 4.53. The Morgan fingerprint density at radius 1 is 1.25 bits per heavy atom. The van der Waals surface area contributed by atoms with Gasteiger partial charge in [0.15, 0.2) is 0 Å². The molecule has 0 aliphatic heterocycles. The van der Waals surface area contributed by atoms with Crippen LogP contribution in [0.4, 0.5) is 0 Å². The van der Waals surface area contributed by atoms with Gasteiger partial charge in [-0.15, -0.1) is 0 Å². The predicted molar refractivity (Wildman–Crippen MR) is 37.7 cm³/mol. The molecule has 0 unspecified atom stereocenters. The molecule has 2 nitrogen and oxygen atoms in total. The lowest BCUT2D eigenvalue weighted by molar-refractivity contribution is 0.577. The lowest BCUT2D eigenvalue weighted by Crippen LogP contribution is -2.22. The third kappa shape index (κ3) is 2.05. The van der Waals surface area contributed by atoms with Crippen LogP contribution >= 0.6 is 11.7 Å². The van der Waals surface area contributed by atoms with E-state index in [4.69, 9.17) is 0 Å². The van der Waals surface area contributed by atoms with Crippen LogP contribution in [0.3, 0.4) is 0 Å². The molecule has 0 aromatic carbocycles. The quantitative estimate of drug-likeness (QED) is 0.418. The van der Waals surface area contributed by atoms with E-state index >= 15 is 0 Å². The molecule has 0 bridgehead atoms. The lowest BCUT2D eigenvalue weighted by atomic mass is 10.3. The van der Waals surface area contributed by atoms with Crippen LogP contribution in [0.15, 0.2) is 0 Å². The summed E-state index contributed by atoms with van der Waals surface area (Å²) >= 11 is 3.41. The van der Waals surface area contributed by atoms with E-state index in [1.807, 2.05) is 0 Å². The normalized spacial score (nSPS) is 14.0. The first kappa shape index (κ1) is 8.30. The maximum absolute atomic E-state index is 10.5. The fraction of sp³-hybridized carbons (Fsp3) is 1.00. The fourth-order valence-electron chi connectivity index (χ4n) is 0. The van der Waals surface area contributed by atoms with E-state index in [9.17, 15) is 8.42 Å². The molecule has 0 aromatic rings. The Hall–Kier alpha value is 0.300. The highest BCUT2D eigenvalue weighted by atomic mass is 33.1. The van der Waals surface area contributed by atoms with Crippen molar-refractivity contribution < 1.29 is 8.42 Å². The molecule has 0 aliphatic rings. The van der Waals surface area contributed by atoms with E-state index in [0.29, 0.717) is 0 Å². The van der Waals surface area contributed by atoms with Crippen LogP contribution in [0, 0.1) is 0 Å². The van der Waals surface area contributed by atoms with Crippen LogP contribution < -0.4 is 0 Å². The van der Waals surface area contributed by atoms with Gasteiger partial charge in [-0.25, -0.2) is 8.42 Å². The van der Waals surface area contributed by atoms with Crippen molar-refractivity contribution in [1.29, 1.82) is 0 Å². The summed E-state index contributed by atoms with van der Waals surface area (Å²) in [4.78, 5) is 0. The molecule has 50 valence electrons. The van der Waals surface area contributed by atoms with Gasteiger partial charge in [0, 0.05) is 0 Å². The Morgan fingerprint density at radius 2 is 1.38 bits per heavy atom. The zero-order valence-corrected chi connectivity index (χ0v) is 6.88. The molecular weight excluding hydrogens is 144 g/mol. The van der Waals surface area contributed by atoms with Crippen LogP contribution in [-0.4, -0.2) is 13.2 Å². The van der Waals surface area contributed by atoms with Crippen molar-refractivity contribution >= 4 is 20.5 Å². The van der Waals surface area contributed by atoms with Crippen LogP contribution in [0.5, 0.6) is 0 Å². The molecule has 0 rings (SSSR count). The molecule has 0 atom stereocenters. The highest BCUT2D eigenvalue weighted by Gasteiger charge is 2.24. The first-order chi connectivity index (χ1) is 3.25. The van der Waals surface area contributed by atoms with Crippen LogP contribution in [0.2, 0.25) is 0 Å². The standard InChI is InChI=1S/C4H10O2S2/c1-4(2,3)8(5,6)7/h1-3H3,(H,5,6,7). The van der Waals surface area contributed by atoms with Crippen LogP contribution in [0.1, 0.15) is 20.8 Å². The Kier molecular flexibility index (Phi) is 1.99. The van der Waals surface area contributed by atoms with Gasteiger partial charge in [0.05, 0.1) is 4.75 Å². The highest BCUT2D eigenvalue weighted by Crippen LogP contribution is 2.17. The number of thiol groups is 1. The number of hydrogen-bond acceptors (Lipinski definition) is 2. The maximum Gasteiger partial charge on any atom is 0.203 e. The van der Waals surface area contributed by atoms with Gasteiger partial charge in [0.2, 0.25) is 8.87 Å². The van der Waals surface area contributed by atoms with Crippen molar-refractivity contribution in [2.75, 3.05) is 0 Å². The molecule has 0 aliphatic carbocycles. The summed E-state index contributed by atoms with van der Waals surface area (Å²) in [7, 11) is -3.15. The number of rotatable bonds is 0. The SMILES string of the molecule is CC(C)(C)S(=O)(=O)S. The molecule has 0 N–H and O–H groups in total. The summed E-state index contributed by atoms with van der Waals surface area (Å²) in [5.74, 6) is 0. The average molecular weight is 154 g/mol. The molecule has 8 heavy (non-hydrogen) atoms. The third-order valence-corrected chi connectivity index (χ3v) is 3.96. The van der Waals surface area contributed by atoms with E-state index in [1.165, 1.54) is 0 Å². The van der Waals surface area contributed by atoms with Gasteiger partial charge in [0.1, 0.15) is 0 Å². The van der Waals surface area contributed by atoms with E-state index in [2.05, 4.69) is 11.7 Å². The van der Waals surface area contributed by atoms with Crippen molar-refractivity contribution in [3.63, 3.8) is 0 Å². The molecule has 0 saturated heterocycles. The summed E-state index contributed by atoms with van der Waals surface area (Å²) in [6.07, 6.45) is 0. The van der Waals surface area contributed by atoms with Crippen molar-refractivity contribution in [3.8, 4) is 0 Å². The highest BCUT2D eigenvalue weighted by molar-refractivity contribution is 8.64. The topological polar surface area (TPSA) is 34.1 Å². The Morgan fingerprint density at radius 3 is 1.38 bits per heavy atom. The maximum atomic E-state index is 10.5. The van der Waals surface area contributed by atoms with Crippen molar-refractivity contribution in [2.24, 2.45) is 0 Å². The second-order valence-electron chi connectivity index (χ2n) is 2.59. The predicted octanol–water partition coefficient (Wildman–Crippen LogP) is 1.04. The minimum atomic E-state index is -3.15. The molecule has 0 aromatic heterocycles. The van der Waals surface area contributed by atoms with E-state index in [-0.39, 0.29) is 0 Å². The van der Waals surface area contributed by atoms with Gasteiger partial charge in [-0.05, 0) is 32.4 Å². The van der Waals surface area contributed by atoms with Crippen LogP contribution in [0.25, 0.3) is 0 Å². The molecule has 0 amide bonds. The largest absolute Gasteiger partial charge is 0.217 e. The fourth-order valence-corrected chi connectivity index (χ4v) is 0. The van der Waals surface area contributed by atoms with Crippen molar-refractivity contribution in [2.45, 2.75) is 25.5 Å². The smallest absolute Gasteiger partial charge is 0.203 e. The molecule has 0 spiro atoms. The van der Waals surface area contributed by atoms with Gasteiger partial charge in [0.25, 0.3) is 0 Å². The van der Waals surface area contributed by atoms with E-state index in [0.717, 1.165) is 0 Å². The van der Waals surface area contributed by atoms with Gasteiger partial charge in [-0.1, -0.05) is 0 Å². The Labute approximate surface area is 55.0 Å². The van der Waals surface area contributed by atoms with Gasteiger partial charge in [-0.3, -0.25) is 0 Å². The Bertz CT molecular complexity index is 161. The summed E-state index contributed by atoms with van der Waals surface area (Å²) in [6.45, 7) is 4.82. The molecule has 0 radical (unpaired) electrons. The third-order valence-electron chi connectivity index (χ3n) is 0.774. The monoisotopic (exact) mass is 154 g/mol. The second kappa shape index (κ2) is 1.92. The minimum absolute atomic E-state index is 0.726. The molecule has 4 heteroatoms. The van der Waals surface area contributed by atoms with Gasteiger partial charge >= 0.3 is 0 Å². The van der Waals surface area contributed by atoms with Crippen molar-refractivity contribution in [3.05, 3.63) is 0 Å². The molecule has 0 heterocycles. The zero-order chi connectivity index (χ0) is 7.00. The zero-order valence-electron chi connectivity index (χ0n) is 5.17.